The average molecular weight is 487 g/mol. The van der Waals surface area contributed by atoms with Crippen LogP contribution >= 0.6 is 0 Å². The van der Waals surface area contributed by atoms with Crippen molar-refractivity contribution in [2.24, 2.45) is 4.99 Å². The molecule has 0 aliphatic heterocycles. The van der Waals surface area contributed by atoms with Gasteiger partial charge in [0.25, 0.3) is 10.0 Å². The number of phenolic OH excluding ortho intramolecular Hbond substituents is 1. The van der Waals surface area contributed by atoms with Gasteiger partial charge in [-0.15, -0.1) is 0 Å². The van der Waals surface area contributed by atoms with Gasteiger partial charge in [0.1, 0.15) is 0 Å². The summed E-state index contributed by atoms with van der Waals surface area (Å²) in [5.41, 5.74) is 2.86. The quantitative estimate of drug-likeness (QED) is 0.297. The van der Waals surface area contributed by atoms with Crippen molar-refractivity contribution in [2.75, 3.05) is 10.9 Å². The maximum Gasteiger partial charge on any atom is 0.264 e. The van der Waals surface area contributed by atoms with Gasteiger partial charge in [-0.25, -0.2) is 8.42 Å². The second-order valence-electron chi connectivity index (χ2n) is 7.75. The highest BCUT2D eigenvalue weighted by Gasteiger charge is 2.25. The fraction of sp³-hybridized carbons (Fsp3) is 0.107. The number of anilines is 1. The Labute approximate surface area is 205 Å². The number of rotatable bonds is 9. The topological polar surface area (TPSA) is 79.2 Å². The zero-order valence-electron chi connectivity index (χ0n) is 19.3. The van der Waals surface area contributed by atoms with Crippen LogP contribution in [0.1, 0.15) is 18.1 Å². The molecule has 0 aromatic heterocycles. The predicted octanol–water partition coefficient (Wildman–Crippen LogP) is 5.94. The first kappa shape index (κ1) is 24.0. The lowest BCUT2D eigenvalue weighted by molar-refractivity contribution is 0.318. The Balaban J connectivity index is 1.62. The van der Waals surface area contributed by atoms with Crippen LogP contribution in [0.25, 0.3) is 0 Å². The molecule has 4 aromatic carbocycles. The summed E-state index contributed by atoms with van der Waals surface area (Å²) in [6.07, 6.45) is 1.67. The van der Waals surface area contributed by atoms with Crippen molar-refractivity contribution < 1.29 is 18.3 Å². The molecule has 7 heteroatoms. The number of aliphatic imine (C=N–C) groups is 1. The van der Waals surface area contributed by atoms with E-state index in [9.17, 15) is 13.5 Å². The number of ether oxygens (including phenoxy) is 1. The summed E-state index contributed by atoms with van der Waals surface area (Å²) in [6, 6.07) is 30.0. The minimum absolute atomic E-state index is 0.0754. The minimum atomic E-state index is -3.78. The van der Waals surface area contributed by atoms with Crippen molar-refractivity contribution in [3.63, 3.8) is 0 Å². The van der Waals surface area contributed by atoms with Gasteiger partial charge in [-0.05, 0) is 72.6 Å². The highest BCUT2D eigenvalue weighted by Crippen LogP contribution is 2.29. The van der Waals surface area contributed by atoms with E-state index in [0.717, 1.165) is 11.1 Å². The number of phenols is 1. The van der Waals surface area contributed by atoms with E-state index in [4.69, 9.17) is 4.74 Å². The molecular weight excluding hydrogens is 460 g/mol. The number of hydrogen-bond acceptors (Lipinski definition) is 5. The zero-order valence-corrected chi connectivity index (χ0v) is 20.1. The van der Waals surface area contributed by atoms with Gasteiger partial charge in [0.15, 0.2) is 11.5 Å². The smallest absolute Gasteiger partial charge is 0.264 e. The largest absolute Gasteiger partial charge is 0.504 e. The number of hydrogen-bond donors (Lipinski definition) is 1. The van der Waals surface area contributed by atoms with Crippen LogP contribution in [0.5, 0.6) is 11.5 Å². The molecule has 1 N–H and O–H groups in total. The molecule has 0 amide bonds. The van der Waals surface area contributed by atoms with Crippen molar-refractivity contribution >= 4 is 27.6 Å². The molecule has 0 fully saturated rings. The Morgan fingerprint density at radius 1 is 0.886 bits per heavy atom. The number of aromatic hydroxyl groups is 1. The van der Waals surface area contributed by atoms with Crippen molar-refractivity contribution in [1.82, 2.24) is 0 Å². The lowest BCUT2D eigenvalue weighted by Crippen LogP contribution is -2.30. The molecule has 0 atom stereocenters. The number of benzene rings is 4. The summed E-state index contributed by atoms with van der Waals surface area (Å²) in [4.78, 5) is 4.71. The Morgan fingerprint density at radius 3 is 2.20 bits per heavy atom. The van der Waals surface area contributed by atoms with Gasteiger partial charge < -0.3 is 9.84 Å². The van der Waals surface area contributed by atoms with Gasteiger partial charge in [-0.3, -0.25) is 9.30 Å². The van der Waals surface area contributed by atoms with Crippen LogP contribution in [0, 0.1) is 0 Å². The maximum atomic E-state index is 13.5. The van der Waals surface area contributed by atoms with Gasteiger partial charge in [-0.1, -0.05) is 48.5 Å². The van der Waals surface area contributed by atoms with Crippen molar-refractivity contribution in [2.45, 2.75) is 18.4 Å². The van der Waals surface area contributed by atoms with E-state index in [0.29, 0.717) is 23.7 Å². The Hall–Kier alpha value is -4.10. The summed E-state index contributed by atoms with van der Waals surface area (Å²) in [7, 11) is -3.78. The first-order valence-corrected chi connectivity index (χ1v) is 12.6. The lowest BCUT2D eigenvalue weighted by Gasteiger charge is -2.25. The highest BCUT2D eigenvalue weighted by atomic mass is 32.2. The molecule has 0 spiro atoms. The summed E-state index contributed by atoms with van der Waals surface area (Å²) < 4.78 is 33.8. The Morgan fingerprint density at radius 2 is 1.54 bits per heavy atom. The predicted molar refractivity (Wildman–Crippen MR) is 139 cm³/mol. The van der Waals surface area contributed by atoms with E-state index < -0.39 is 10.0 Å². The van der Waals surface area contributed by atoms with E-state index in [-0.39, 0.29) is 17.2 Å². The van der Waals surface area contributed by atoms with Crippen LogP contribution in [0.2, 0.25) is 0 Å². The van der Waals surface area contributed by atoms with E-state index >= 15 is 0 Å². The third-order valence-electron chi connectivity index (χ3n) is 5.28. The fourth-order valence-electron chi connectivity index (χ4n) is 3.52. The van der Waals surface area contributed by atoms with Gasteiger partial charge in [0.05, 0.1) is 29.4 Å². The molecule has 6 nitrogen and oxygen atoms in total. The standard InChI is InChI=1S/C28H26N2O4S/c1-2-34-28-19-23(13-18-27(28)31)20-29-24-14-16-25(17-15-24)30(21-22-9-5-3-6-10-22)35(32,33)26-11-7-4-8-12-26/h3-20,31H,2,21H2,1H3. The third-order valence-corrected chi connectivity index (χ3v) is 7.07. The van der Waals surface area contributed by atoms with Crippen LogP contribution in [0.4, 0.5) is 11.4 Å². The van der Waals surface area contributed by atoms with Crippen LogP contribution in [0.3, 0.4) is 0 Å². The monoisotopic (exact) mass is 486 g/mol. The highest BCUT2D eigenvalue weighted by molar-refractivity contribution is 7.92. The van der Waals surface area contributed by atoms with Gasteiger partial charge in [0.2, 0.25) is 0 Å². The molecule has 4 rings (SSSR count). The molecule has 35 heavy (non-hydrogen) atoms. The molecule has 0 heterocycles. The molecule has 4 aromatic rings. The number of sulfonamides is 1. The van der Waals surface area contributed by atoms with Crippen molar-refractivity contribution in [3.05, 3.63) is 114 Å². The Kier molecular flexibility index (Phi) is 7.48. The molecule has 0 bridgehead atoms. The zero-order chi connectivity index (χ0) is 24.7. The molecule has 178 valence electrons. The average Bonchev–Trinajstić information content (AvgIpc) is 2.89. The fourth-order valence-corrected chi connectivity index (χ4v) is 4.99. The summed E-state index contributed by atoms with van der Waals surface area (Å²) >= 11 is 0. The second-order valence-corrected chi connectivity index (χ2v) is 9.61. The maximum absolute atomic E-state index is 13.5. The molecule has 0 saturated heterocycles. The third kappa shape index (κ3) is 5.88. The normalized spacial score (nSPS) is 11.5. The molecular formula is C28H26N2O4S. The van der Waals surface area contributed by atoms with Crippen LogP contribution in [-0.2, 0) is 16.6 Å². The van der Waals surface area contributed by atoms with Gasteiger partial charge >= 0.3 is 0 Å². The molecule has 0 aliphatic carbocycles. The van der Waals surface area contributed by atoms with Crippen LogP contribution in [0.15, 0.2) is 113 Å². The molecule has 0 aliphatic rings. The molecule has 0 radical (unpaired) electrons. The molecule has 0 unspecified atom stereocenters. The van der Waals surface area contributed by atoms with E-state index in [1.165, 1.54) is 4.31 Å². The number of nitrogens with zero attached hydrogens (tertiary/aromatic N) is 2. The molecule has 0 saturated carbocycles. The summed E-state index contributed by atoms with van der Waals surface area (Å²) in [6.45, 7) is 2.50. The lowest BCUT2D eigenvalue weighted by atomic mass is 10.2. The Bertz CT molecular complexity index is 1390. The summed E-state index contributed by atoms with van der Waals surface area (Å²) in [5.74, 6) is 0.473. The van der Waals surface area contributed by atoms with Gasteiger partial charge in [-0.2, -0.15) is 0 Å². The van der Waals surface area contributed by atoms with E-state index in [1.54, 1.807) is 79.0 Å². The summed E-state index contributed by atoms with van der Waals surface area (Å²) in [5, 5.41) is 9.86. The minimum Gasteiger partial charge on any atom is -0.504 e. The van der Waals surface area contributed by atoms with Gasteiger partial charge in [0, 0.05) is 6.21 Å². The SMILES string of the molecule is CCOc1cc(C=Nc2ccc(N(Cc3ccccc3)S(=O)(=O)c3ccccc3)cc2)ccc1O. The van der Waals surface area contributed by atoms with Crippen molar-refractivity contribution in [3.8, 4) is 11.5 Å². The van der Waals surface area contributed by atoms with Crippen molar-refractivity contribution in [1.29, 1.82) is 0 Å². The second kappa shape index (κ2) is 10.9. The van der Waals surface area contributed by atoms with E-state index in [2.05, 4.69) is 4.99 Å². The van der Waals surface area contributed by atoms with Crippen LogP contribution < -0.4 is 9.04 Å². The first-order chi connectivity index (χ1) is 17.0. The van der Waals surface area contributed by atoms with Crippen LogP contribution in [-0.4, -0.2) is 26.3 Å². The first-order valence-electron chi connectivity index (χ1n) is 11.2. The van der Waals surface area contributed by atoms with E-state index in [1.807, 2.05) is 37.3 Å².